The molecule has 178 valence electrons. The molecule has 35 heavy (non-hydrogen) atoms. The van der Waals surface area contributed by atoms with Crippen LogP contribution in [0.2, 0.25) is 0 Å². The Kier molecular flexibility index (Phi) is 6.06. The first-order chi connectivity index (χ1) is 17.0. The zero-order chi connectivity index (χ0) is 24.4. The number of hydrogen-bond donors (Lipinski definition) is 2. The second kappa shape index (κ2) is 9.47. The molecule has 2 aromatic heterocycles. The number of aromatic nitrogens is 3. The largest absolute Gasteiger partial charge is 0.497 e. The van der Waals surface area contributed by atoms with Crippen molar-refractivity contribution in [1.29, 1.82) is 0 Å². The van der Waals surface area contributed by atoms with Gasteiger partial charge in [0.15, 0.2) is 11.5 Å². The van der Waals surface area contributed by atoms with Gasteiger partial charge in [0.25, 0.3) is 11.5 Å². The third kappa shape index (κ3) is 4.66. The molecule has 1 aliphatic rings. The smallest absolute Gasteiger partial charge is 0.328 e. The number of methoxy groups -OCH3 is 1. The lowest BCUT2D eigenvalue weighted by atomic mass is 10.2. The topological polar surface area (TPSA) is 125 Å². The Hall–Kier alpha value is -4.38. The number of benzene rings is 2. The van der Waals surface area contributed by atoms with Gasteiger partial charge in [0, 0.05) is 17.1 Å². The molecular formula is C24H20N4O6S. The van der Waals surface area contributed by atoms with Crippen LogP contribution in [-0.4, -0.2) is 34.3 Å². The lowest BCUT2D eigenvalue weighted by molar-refractivity contribution is 0.0947. The maximum Gasteiger partial charge on any atom is 0.328 e. The first kappa shape index (κ1) is 22.4. The molecule has 4 aromatic rings. The number of fused-ring (bicyclic) bond motifs is 1. The molecule has 10 nitrogen and oxygen atoms in total. The highest BCUT2D eigenvalue weighted by atomic mass is 32.1. The molecule has 3 heterocycles. The maximum absolute atomic E-state index is 12.9. The number of carbonyl (C=O) groups is 1. The van der Waals surface area contributed by atoms with E-state index in [2.05, 4.69) is 15.3 Å². The van der Waals surface area contributed by atoms with E-state index in [-0.39, 0.29) is 25.4 Å². The standard InChI is InChI=1S/C24H20N4O6S/c1-32-17-5-3-15(4-6-17)22-27-16(12-35-22)9-25-21(29)18-10-26-24(31)28(23(18)30)11-14-2-7-19-20(8-14)34-13-33-19/h2-8,10,12H,9,11,13H2,1H3,(H,25,29)(H,26,31). The lowest BCUT2D eigenvalue weighted by Crippen LogP contribution is -2.40. The van der Waals surface area contributed by atoms with Crippen molar-refractivity contribution in [3.63, 3.8) is 0 Å². The van der Waals surface area contributed by atoms with Gasteiger partial charge in [-0.3, -0.25) is 14.2 Å². The second-order valence-electron chi connectivity index (χ2n) is 7.64. The Bertz CT molecular complexity index is 1510. The normalized spacial score (nSPS) is 11.9. The van der Waals surface area contributed by atoms with Crippen LogP contribution in [0, 0.1) is 0 Å². The Morgan fingerprint density at radius 2 is 1.97 bits per heavy atom. The highest BCUT2D eigenvalue weighted by molar-refractivity contribution is 7.13. The molecule has 0 saturated carbocycles. The molecule has 1 amide bonds. The maximum atomic E-state index is 12.9. The van der Waals surface area contributed by atoms with Crippen molar-refractivity contribution in [3.8, 4) is 27.8 Å². The Morgan fingerprint density at radius 3 is 2.77 bits per heavy atom. The highest BCUT2D eigenvalue weighted by Gasteiger charge is 2.18. The quantitative estimate of drug-likeness (QED) is 0.406. The summed E-state index contributed by atoms with van der Waals surface area (Å²) in [5.41, 5.74) is 0.762. The van der Waals surface area contributed by atoms with Crippen LogP contribution in [0.5, 0.6) is 17.2 Å². The SMILES string of the molecule is COc1ccc(-c2nc(CNC(=O)c3c[nH]c(=O)n(Cc4ccc5c(c4)OCO5)c3=O)cs2)cc1. The predicted molar refractivity (Wildman–Crippen MR) is 128 cm³/mol. The molecule has 0 spiro atoms. The fourth-order valence-corrected chi connectivity index (χ4v) is 4.39. The van der Waals surface area contributed by atoms with Gasteiger partial charge in [-0.1, -0.05) is 6.07 Å². The number of amides is 1. The van der Waals surface area contributed by atoms with Crippen molar-refractivity contribution >= 4 is 17.2 Å². The van der Waals surface area contributed by atoms with E-state index in [0.29, 0.717) is 22.8 Å². The van der Waals surface area contributed by atoms with Gasteiger partial charge in [-0.15, -0.1) is 11.3 Å². The van der Waals surface area contributed by atoms with Crippen LogP contribution in [0.4, 0.5) is 0 Å². The molecule has 11 heteroatoms. The van der Waals surface area contributed by atoms with E-state index < -0.39 is 17.2 Å². The van der Waals surface area contributed by atoms with Crippen LogP contribution in [0.1, 0.15) is 21.6 Å². The first-order valence-corrected chi connectivity index (χ1v) is 11.5. The number of rotatable bonds is 7. The Morgan fingerprint density at radius 1 is 1.17 bits per heavy atom. The summed E-state index contributed by atoms with van der Waals surface area (Å²) in [5.74, 6) is 1.28. The fraction of sp³-hybridized carbons (Fsp3) is 0.167. The molecule has 0 atom stereocenters. The van der Waals surface area contributed by atoms with Crippen molar-refractivity contribution in [1.82, 2.24) is 19.9 Å². The monoisotopic (exact) mass is 492 g/mol. The van der Waals surface area contributed by atoms with Crippen molar-refractivity contribution in [2.45, 2.75) is 13.1 Å². The molecule has 0 unspecified atom stereocenters. The zero-order valence-corrected chi connectivity index (χ0v) is 19.4. The summed E-state index contributed by atoms with van der Waals surface area (Å²) >= 11 is 1.45. The third-order valence-corrected chi connectivity index (χ3v) is 6.34. The number of ether oxygens (including phenoxy) is 3. The summed E-state index contributed by atoms with van der Waals surface area (Å²) in [5, 5.41) is 5.33. The fourth-order valence-electron chi connectivity index (χ4n) is 3.56. The van der Waals surface area contributed by atoms with Gasteiger partial charge >= 0.3 is 5.69 Å². The number of nitrogens with zero attached hydrogens (tertiary/aromatic N) is 2. The predicted octanol–water partition coefficient (Wildman–Crippen LogP) is 2.38. The number of nitrogens with one attached hydrogen (secondary N) is 2. The third-order valence-electron chi connectivity index (χ3n) is 5.40. The van der Waals surface area contributed by atoms with E-state index in [9.17, 15) is 14.4 Å². The molecule has 5 rings (SSSR count). The lowest BCUT2D eigenvalue weighted by Gasteiger charge is -2.08. The van der Waals surface area contributed by atoms with Crippen LogP contribution < -0.4 is 30.8 Å². The van der Waals surface area contributed by atoms with Crippen molar-refractivity contribution in [2.24, 2.45) is 0 Å². The van der Waals surface area contributed by atoms with Crippen LogP contribution in [0.15, 0.2) is 63.6 Å². The minimum Gasteiger partial charge on any atom is -0.497 e. The molecule has 0 radical (unpaired) electrons. The number of hydrogen-bond acceptors (Lipinski definition) is 8. The Labute approximate surface area is 202 Å². The number of H-pyrrole nitrogens is 1. The Balaban J connectivity index is 1.29. The van der Waals surface area contributed by atoms with Gasteiger partial charge in [0.05, 0.1) is 25.9 Å². The summed E-state index contributed by atoms with van der Waals surface area (Å²) in [6, 6.07) is 12.7. The van der Waals surface area contributed by atoms with E-state index in [1.807, 2.05) is 29.6 Å². The summed E-state index contributed by atoms with van der Waals surface area (Å²) in [7, 11) is 1.60. The van der Waals surface area contributed by atoms with Gasteiger partial charge in [0.2, 0.25) is 6.79 Å². The molecule has 2 N–H and O–H groups in total. The van der Waals surface area contributed by atoms with Crippen LogP contribution in [-0.2, 0) is 13.1 Å². The second-order valence-corrected chi connectivity index (χ2v) is 8.50. The van der Waals surface area contributed by atoms with Gasteiger partial charge in [-0.05, 0) is 42.0 Å². The van der Waals surface area contributed by atoms with E-state index in [4.69, 9.17) is 14.2 Å². The van der Waals surface area contributed by atoms with Crippen LogP contribution in [0.25, 0.3) is 10.6 Å². The molecule has 1 aliphatic heterocycles. The van der Waals surface area contributed by atoms with Gasteiger partial charge in [0.1, 0.15) is 16.3 Å². The highest BCUT2D eigenvalue weighted by Crippen LogP contribution is 2.32. The van der Waals surface area contributed by atoms with E-state index in [1.54, 1.807) is 25.3 Å². The summed E-state index contributed by atoms with van der Waals surface area (Å²) in [6.45, 7) is 0.227. The number of aromatic amines is 1. The number of carbonyl (C=O) groups excluding carboxylic acids is 1. The summed E-state index contributed by atoms with van der Waals surface area (Å²) in [6.07, 6.45) is 1.12. The molecule has 0 bridgehead atoms. The van der Waals surface area contributed by atoms with E-state index in [1.165, 1.54) is 11.3 Å². The van der Waals surface area contributed by atoms with Crippen molar-refractivity contribution in [3.05, 3.63) is 91.7 Å². The molecular weight excluding hydrogens is 472 g/mol. The van der Waals surface area contributed by atoms with Gasteiger partial charge < -0.3 is 24.5 Å². The van der Waals surface area contributed by atoms with Crippen molar-refractivity contribution in [2.75, 3.05) is 13.9 Å². The molecule has 0 fully saturated rings. The molecule has 0 aliphatic carbocycles. The van der Waals surface area contributed by atoms with Crippen LogP contribution >= 0.6 is 11.3 Å². The number of thiazole rings is 1. The first-order valence-electron chi connectivity index (χ1n) is 10.6. The van der Waals surface area contributed by atoms with Crippen molar-refractivity contribution < 1.29 is 19.0 Å². The van der Waals surface area contributed by atoms with E-state index in [0.717, 1.165) is 27.1 Å². The summed E-state index contributed by atoms with van der Waals surface area (Å²) in [4.78, 5) is 45.0. The van der Waals surface area contributed by atoms with Gasteiger partial charge in [-0.25, -0.2) is 9.78 Å². The summed E-state index contributed by atoms with van der Waals surface area (Å²) < 4.78 is 16.8. The molecule has 0 saturated heterocycles. The molecule has 2 aromatic carbocycles. The van der Waals surface area contributed by atoms with E-state index >= 15 is 0 Å². The average molecular weight is 493 g/mol. The zero-order valence-electron chi connectivity index (χ0n) is 18.6. The van der Waals surface area contributed by atoms with Gasteiger partial charge in [-0.2, -0.15) is 0 Å². The van der Waals surface area contributed by atoms with Crippen LogP contribution in [0.3, 0.4) is 0 Å². The minimum atomic E-state index is -0.693. The average Bonchev–Trinajstić information content (AvgIpc) is 3.54. The minimum absolute atomic E-state index is 0.0246.